The number of methoxy groups -OCH3 is 1. The largest absolute Gasteiger partial charge is 0.380 e. The van der Waals surface area contributed by atoms with Crippen LogP contribution in [0.1, 0.15) is 11.1 Å². The molecule has 2 aromatic rings. The average molecular weight is 307 g/mol. The van der Waals surface area contributed by atoms with Crippen molar-refractivity contribution in [3.63, 3.8) is 0 Å². The van der Waals surface area contributed by atoms with Gasteiger partial charge in [-0.25, -0.2) is 0 Å². The zero-order valence-corrected chi connectivity index (χ0v) is 11.8. The van der Waals surface area contributed by atoms with E-state index >= 15 is 0 Å². The van der Waals surface area contributed by atoms with Gasteiger partial charge in [-0.2, -0.15) is 0 Å². The molecular formula is C14H15BrN2O. The van der Waals surface area contributed by atoms with Gasteiger partial charge in [-0.1, -0.05) is 24.3 Å². The Labute approximate surface area is 115 Å². The van der Waals surface area contributed by atoms with Crippen molar-refractivity contribution in [3.8, 4) is 0 Å². The van der Waals surface area contributed by atoms with Gasteiger partial charge in [0.05, 0.1) is 16.8 Å². The van der Waals surface area contributed by atoms with Gasteiger partial charge in [0.15, 0.2) is 0 Å². The molecular weight excluding hydrogens is 292 g/mol. The Morgan fingerprint density at radius 2 is 2.11 bits per heavy atom. The summed E-state index contributed by atoms with van der Waals surface area (Å²) in [6.07, 6.45) is 3.55. The average Bonchev–Trinajstić information content (AvgIpc) is 2.39. The van der Waals surface area contributed by atoms with Crippen molar-refractivity contribution in [2.75, 3.05) is 12.4 Å². The molecule has 3 nitrogen and oxygen atoms in total. The number of benzene rings is 1. The molecule has 0 atom stereocenters. The van der Waals surface area contributed by atoms with Crippen molar-refractivity contribution in [1.29, 1.82) is 0 Å². The number of aromatic nitrogens is 1. The van der Waals surface area contributed by atoms with Crippen LogP contribution in [0.4, 0.5) is 5.69 Å². The number of pyridine rings is 1. The van der Waals surface area contributed by atoms with Gasteiger partial charge >= 0.3 is 0 Å². The lowest BCUT2D eigenvalue weighted by Gasteiger charge is -2.09. The molecule has 0 spiro atoms. The van der Waals surface area contributed by atoms with E-state index in [9.17, 15) is 0 Å². The molecule has 94 valence electrons. The van der Waals surface area contributed by atoms with Crippen LogP contribution >= 0.6 is 15.9 Å². The molecule has 1 heterocycles. The monoisotopic (exact) mass is 306 g/mol. The third-order valence-electron chi connectivity index (χ3n) is 2.56. The van der Waals surface area contributed by atoms with Gasteiger partial charge in [0.2, 0.25) is 0 Å². The molecule has 18 heavy (non-hydrogen) atoms. The molecule has 1 aromatic carbocycles. The number of nitrogens with zero attached hydrogens (tertiary/aromatic N) is 1. The van der Waals surface area contributed by atoms with Crippen molar-refractivity contribution >= 4 is 21.6 Å². The van der Waals surface area contributed by atoms with Gasteiger partial charge < -0.3 is 10.1 Å². The highest BCUT2D eigenvalue weighted by atomic mass is 79.9. The van der Waals surface area contributed by atoms with E-state index in [1.54, 1.807) is 19.5 Å². The highest BCUT2D eigenvalue weighted by Gasteiger charge is 1.99. The minimum atomic E-state index is 0.646. The first-order valence-electron chi connectivity index (χ1n) is 5.70. The van der Waals surface area contributed by atoms with Crippen LogP contribution in [0.15, 0.2) is 47.2 Å². The highest BCUT2D eigenvalue weighted by Crippen LogP contribution is 2.20. The Morgan fingerprint density at radius 3 is 2.89 bits per heavy atom. The van der Waals surface area contributed by atoms with Gasteiger partial charge in [0, 0.05) is 26.0 Å². The molecule has 0 bridgehead atoms. The van der Waals surface area contributed by atoms with E-state index in [1.165, 1.54) is 11.1 Å². The van der Waals surface area contributed by atoms with Crippen LogP contribution in [0.2, 0.25) is 0 Å². The van der Waals surface area contributed by atoms with Crippen molar-refractivity contribution in [1.82, 2.24) is 4.98 Å². The zero-order chi connectivity index (χ0) is 12.8. The second-order valence-electron chi connectivity index (χ2n) is 3.96. The fourth-order valence-electron chi connectivity index (χ4n) is 1.71. The quantitative estimate of drug-likeness (QED) is 0.916. The van der Waals surface area contributed by atoms with Crippen molar-refractivity contribution < 1.29 is 4.74 Å². The van der Waals surface area contributed by atoms with Crippen molar-refractivity contribution in [2.24, 2.45) is 0 Å². The number of nitrogens with one attached hydrogen (secondary N) is 1. The second kappa shape index (κ2) is 6.52. The summed E-state index contributed by atoms with van der Waals surface area (Å²) in [5, 5.41) is 3.37. The minimum absolute atomic E-state index is 0.646. The van der Waals surface area contributed by atoms with E-state index in [1.807, 2.05) is 12.1 Å². The van der Waals surface area contributed by atoms with Gasteiger partial charge in [-0.3, -0.25) is 4.98 Å². The smallest absolute Gasteiger partial charge is 0.0713 e. The third-order valence-corrected chi connectivity index (χ3v) is 3.19. The Balaban J connectivity index is 2.02. The molecule has 1 aromatic heterocycles. The van der Waals surface area contributed by atoms with E-state index in [0.717, 1.165) is 16.7 Å². The maximum absolute atomic E-state index is 5.13. The minimum Gasteiger partial charge on any atom is -0.380 e. The zero-order valence-electron chi connectivity index (χ0n) is 10.2. The lowest BCUT2D eigenvalue weighted by atomic mass is 10.1. The Kier molecular flexibility index (Phi) is 4.73. The molecule has 0 amide bonds. The fraction of sp³-hybridized carbons (Fsp3) is 0.214. The molecule has 4 heteroatoms. The predicted molar refractivity (Wildman–Crippen MR) is 76.4 cm³/mol. The summed E-state index contributed by atoms with van der Waals surface area (Å²) in [6.45, 7) is 1.42. The second-order valence-corrected chi connectivity index (χ2v) is 4.82. The number of rotatable bonds is 5. The van der Waals surface area contributed by atoms with Crippen LogP contribution in [-0.2, 0) is 17.9 Å². The summed E-state index contributed by atoms with van der Waals surface area (Å²) >= 11 is 3.46. The molecule has 0 fully saturated rings. The van der Waals surface area contributed by atoms with Crippen LogP contribution < -0.4 is 5.32 Å². The van der Waals surface area contributed by atoms with Gasteiger partial charge in [0.25, 0.3) is 0 Å². The lowest BCUT2D eigenvalue weighted by Crippen LogP contribution is -2.01. The van der Waals surface area contributed by atoms with E-state index in [0.29, 0.717) is 6.61 Å². The molecule has 0 radical (unpaired) electrons. The molecule has 0 unspecified atom stereocenters. The number of ether oxygens (including phenoxy) is 1. The van der Waals surface area contributed by atoms with E-state index in [-0.39, 0.29) is 0 Å². The normalized spacial score (nSPS) is 10.3. The maximum atomic E-state index is 5.13. The SMILES string of the molecule is COCc1cccc(CNc2ccncc2Br)c1. The van der Waals surface area contributed by atoms with Crippen molar-refractivity contribution in [2.45, 2.75) is 13.2 Å². The van der Waals surface area contributed by atoms with E-state index in [2.05, 4.69) is 44.4 Å². The summed E-state index contributed by atoms with van der Waals surface area (Å²) in [5.41, 5.74) is 3.46. The first-order valence-corrected chi connectivity index (χ1v) is 6.49. The molecule has 2 rings (SSSR count). The number of anilines is 1. The van der Waals surface area contributed by atoms with Gasteiger partial charge in [-0.15, -0.1) is 0 Å². The Hall–Kier alpha value is -1.39. The predicted octanol–water partition coefficient (Wildman–Crippen LogP) is 3.60. The summed E-state index contributed by atoms with van der Waals surface area (Å²) in [7, 11) is 1.71. The third kappa shape index (κ3) is 3.55. The lowest BCUT2D eigenvalue weighted by molar-refractivity contribution is 0.185. The molecule has 1 N–H and O–H groups in total. The van der Waals surface area contributed by atoms with Crippen LogP contribution in [-0.4, -0.2) is 12.1 Å². The van der Waals surface area contributed by atoms with Crippen LogP contribution in [0.3, 0.4) is 0 Å². The first-order chi connectivity index (χ1) is 8.79. The topological polar surface area (TPSA) is 34.1 Å². The van der Waals surface area contributed by atoms with Crippen molar-refractivity contribution in [3.05, 3.63) is 58.3 Å². The number of halogens is 1. The highest BCUT2D eigenvalue weighted by molar-refractivity contribution is 9.10. The molecule has 0 aliphatic heterocycles. The van der Waals surface area contributed by atoms with Crippen LogP contribution in [0.25, 0.3) is 0 Å². The summed E-state index contributed by atoms with van der Waals surface area (Å²) in [6, 6.07) is 10.3. The Morgan fingerprint density at radius 1 is 1.28 bits per heavy atom. The van der Waals surface area contributed by atoms with Gasteiger partial charge in [0.1, 0.15) is 0 Å². The molecule has 0 aliphatic rings. The van der Waals surface area contributed by atoms with Crippen LogP contribution in [0, 0.1) is 0 Å². The number of hydrogen-bond donors (Lipinski definition) is 1. The standard InChI is InChI=1S/C14H15BrN2O/c1-18-10-12-4-2-3-11(7-12)8-17-14-5-6-16-9-13(14)15/h2-7,9H,8,10H2,1H3,(H,16,17). The Bertz CT molecular complexity index is 517. The van der Waals surface area contributed by atoms with Crippen LogP contribution in [0.5, 0.6) is 0 Å². The number of hydrogen-bond acceptors (Lipinski definition) is 3. The van der Waals surface area contributed by atoms with E-state index < -0.39 is 0 Å². The van der Waals surface area contributed by atoms with E-state index in [4.69, 9.17) is 4.74 Å². The molecule has 0 aliphatic carbocycles. The summed E-state index contributed by atoms with van der Waals surface area (Å²) < 4.78 is 6.10. The first kappa shape index (κ1) is 13.1. The molecule has 0 saturated heterocycles. The fourth-order valence-corrected chi connectivity index (χ4v) is 2.10. The summed E-state index contributed by atoms with van der Waals surface area (Å²) in [4.78, 5) is 4.03. The molecule has 0 saturated carbocycles. The summed E-state index contributed by atoms with van der Waals surface area (Å²) in [5.74, 6) is 0. The maximum Gasteiger partial charge on any atom is 0.0713 e. The van der Waals surface area contributed by atoms with Gasteiger partial charge in [-0.05, 0) is 33.1 Å².